The van der Waals surface area contributed by atoms with E-state index in [9.17, 15) is 18.9 Å². The summed E-state index contributed by atoms with van der Waals surface area (Å²) in [4.78, 5) is 39.7. The largest absolute Gasteiger partial charge is 0.481 e. The highest BCUT2D eigenvalue weighted by molar-refractivity contribution is 7.49. The molecule has 0 aromatic heterocycles. The number of phosphoric acid groups is 1. The highest BCUT2D eigenvalue weighted by atomic mass is 35.5. The van der Waals surface area contributed by atoms with E-state index in [0.29, 0.717) is 16.7 Å². The number of Topliss-reactive ketones (excluding diaryl/α,β-unsaturated/α-hetero) is 3. The highest BCUT2D eigenvalue weighted by Crippen LogP contribution is 2.64. The van der Waals surface area contributed by atoms with Crippen LogP contribution >= 0.6 is 42.6 Å². The minimum absolute atomic E-state index is 0.173. The first kappa shape index (κ1) is 25.9. The molecule has 0 heterocycles. The number of halogens is 3. The Bertz CT molecular complexity index is 1410. The lowest BCUT2D eigenvalue weighted by Gasteiger charge is -2.33. The van der Waals surface area contributed by atoms with Crippen molar-refractivity contribution >= 4 is 60.0 Å². The van der Waals surface area contributed by atoms with Gasteiger partial charge >= 0.3 is 7.82 Å². The fraction of sp³-hybridized carbons (Fsp3) is 0.222. The summed E-state index contributed by atoms with van der Waals surface area (Å²) in [6.07, 6.45) is -0.520. The molecule has 38 heavy (non-hydrogen) atoms. The van der Waals surface area contributed by atoms with Crippen LogP contribution in [-0.2, 0) is 37.4 Å². The predicted octanol–water partition coefficient (Wildman–Crippen LogP) is 6.27. The van der Waals surface area contributed by atoms with Crippen LogP contribution in [-0.4, -0.2) is 32.5 Å². The van der Waals surface area contributed by atoms with Crippen molar-refractivity contribution in [3.8, 4) is 0 Å². The lowest BCUT2D eigenvalue weighted by molar-refractivity contribution is 0.00835. The lowest BCUT2D eigenvalue weighted by Crippen LogP contribution is -2.40. The van der Waals surface area contributed by atoms with Crippen LogP contribution in [0.5, 0.6) is 0 Å². The van der Waals surface area contributed by atoms with Crippen LogP contribution in [0.2, 0.25) is 0 Å². The molecule has 3 atom stereocenters. The third-order valence-electron chi connectivity index (χ3n) is 6.83. The fourth-order valence-corrected chi connectivity index (χ4v) is 8.19. The smallest absolute Gasteiger partial charge is 0.289 e. The maximum absolute atomic E-state index is 14.4. The SMILES string of the molecule is O=C1c2ccccc2CC1(Cl)OP(=O)(OC1(Cl)Cc2ccccc2C1=O)OC1(Cl)Cc2ccccc2C1=O. The Labute approximate surface area is 232 Å². The van der Waals surface area contributed by atoms with Gasteiger partial charge in [-0.15, -0.1) is 0 Å². The molecule has 0 amide bonds. The minimum Gasteiger partial charge on any atom is -0.289 e. The molecular weight excluding hydrogens is 574 g/mol. The van der Waals surface area contributed by atoms with E-state index in [1.165, 1.54) is 0 Å². The molecule has 3 aliphatic rings. The predicted molar refractivity (Wildman–Crippen MR) is 140 cm³/mol. The highest BCUT2D eigenvalue weighted by Gasteiger charge is 2.60. The lowest BCUT2D eigenvalue weighted by atomic mass is 10.1. The first-order valence-electron chi connectivity index (χ1n) is 11.6. The monoisotopic (exact) mass is 590 g/mol. The molecule has 3 aromatic rings. The summed E-state index contributed by atoms with van der Waals surface area (Å²) >= 11 is 19.9. The van der Waals surface area contributed by atoms with Crippen LogP contribution in [0.3, 0.4) is 0 Å². The zero-order chi connectivity index (χ0) is 26.9. The van der Waals surface area contributed by atoms with Crippen molar-refractivity contribution in [3.63, 3.8) is 0 Å². The summed E-state index contributed by atoms with van der Waals surface area (Å²) < 4.78 is 31.5. The van der Waals surface area contributed by atoms with Gasteiger partial charge in [-0.2, -0.15) is 0 Å². The topological polar surface area (TPSA) is 96.0 Å². The molecule has 0 N–H and O–H groups in total. The van der Waals surface area contributed by atoms with Crippen molar-refractivity contribution < 1.29 is 32.5 Å². The summed E-state index contributed by atoms with van der Waals surface area (Å²) in [6.45, 7) is 0. The molecule has 0 radical (unpaired) electrons. The van der Waals surface area contributed by atoms with Crippen molar-refractivity contribution in [2.75, 3.05) is 0 Å². The maximum atomic E-state index is 14.4. The van der Waals surface area contributed by atoms with E-state index in [-0.39, 0.29) is 36.0 Å². The van der Waals surface area contributed by atoms with E-state index >= 15 is 0 Å². The fourth-order valence-electron chi connectivity index (χ4n) is 5.08. The third kappa shape index (κ3) is 4.09. The van der Waals surface area contributed by atoms with Gasteiger partial charge in [0.15, 0.2) is 0 Å². The van der Waals surface area contributed by atoms with Gasteiger partial charge in [-0.25, -0.2) is 4.57 Å². The molecule has 3 aliphatic carbocycles. The second-order valence-corrected chi connectivity index (χ2v) is 12.7. The van der Waals surface area contributed by atoms with Crippen molar-refractivity contribution in [1.29, 1.82) is 0 Å². The normalized spacial score (nSPS) is 29.2. The van der Waals surface area contributed by atoms with E-state index in [2.05, 4.69) is 0 Å². The Hall–Kier alpha value is -2.35. The van der Waals surface area contributed by atoms with Gasteiger partial charge in [0.25, 0.3) is 0 Å². The van der Waals surface area contributed by atoms with E-state index in [1.54, 1.807) is 72.8 Å². The second kappa shape index (κ2) is 8.83. The number of fused-ring (bicyclic) bond motifs is 3. The van der Waals surface area contributed by atoms with Crippen molar-refractivity contribution in [1.82, 2.24) is 0 Å². The number of carbonyl (C=O) groups excluding carboxylic acids is 3. The number of hydrogen-bond acceptors (Lipinski definition) is 7. The molecule has 3 aromatic carbocycles. The average Bonchev–Trinajstić information content (AvgIpc) is 3.37. The Morgan fingerprint density at radius 2 is 0.789 bits per heavy atom. The molecule has 7 nitrogen and oxygen atoms in total. The summed E-state index contributed by atoms with van der Waals surface area (Å²) in [5.74, 6) is -2.05. The number of rotatable bonds is 6. The molecule has 11 heteroatoms. The van der Waals surface area contributed by atoms with Crippen LogP contribution in [0.15, 0.2) is 72.8 Å². The number of hydrogen-bond donors (Lipinski definition) is 0. The second-order valence-electron chi connectivity index (χ2n) is 9.40. The van der Waals surface area contributed by atoms with Crippen molar-refractivity contribution in [2.24, 2.45) is 0 Å². The van der Waals surface area contributed by atoms with Crippen LogP contribution in [0, 0.1) is 0 Å². The number of alkyl halides is 3. The summed E-state index contributed by atoms with van der Waals surface area (Å²) in [5, 5.41) is -6.66. The summed E-state index contributed by atoms with van der Waals surface area (Å²) in [7, 11) is -5.12. The zero-order valence-electron chi connectivity index (χ0n) is 19.5. The average molecular weight is 592 g/mol. The van der Waals surface area contributed by atoms with Crippen LogP contribution in [0.25, 0.3) is 0 Å². The summed E-state index contributed by atoms with van der Waals surface area (Å²) in [5.41, 5.74) is 2.45. The van der Waals surface area contributed by atoms with Gasteiger partial charge in [0.2, 0.25) is 32.5 Å². The maximum Gasteiger partial charge on any atom is 0.481 e. The molecule has 0 saturated carbocycles. The molecule has 0 aliphatic heterocycles. The molecule has 0 bridgehead atoms. The standard InChI is InChI=1S/C27H18Cl3O7P/c28-25(13-16-7-1-4-10-19(16)22(25)31)35-38(34,36-26(29)14-17-8-2-5-11-20(17)23(26)32)37-27(30)15-18-9-3-6-12-21(18)24(27)33/h1-12H,13-15H2. The van der Waals surface area contributed by atoms with E-state index < -0.39 is 40.4 Å². The van der Waals surface area contributed by atoms with Crippen molar-refractivity contribution in [3.05, 3.63) is 106 Å². The van der Waals surface area contributed by atoms with Gasteiger partial charge in [-0.3, -0.25) is 28.0 Å². The van der Waals surface area contributed by atoms with Crippen molar-refractivity contribution in [2.45, 2.75) is 34.4 Å². The van der Waals surface area contributed by atoms with E-state index in [1.807, 2.05) is 0 Å². The quantitative estimate of drug-likeness (QED) is 0.246. The summed E-state index contributed by atoms with van der Waals surface area (Å²) in [6, 6.07) is 19.8. The van der Waals surface area contributed by atoms with Gasteiger partial charge in [0, 0.05) is 36.0 Å². The third-order valence-corrected chi connectivity index (χ3v) is 9.90. The Kier molecular flexibility index (Phi) is 6.02. The Morgan fingerprint density at radius 1 is 0.526 bits per heavy atom. The molecule has 6 rings (SSSR count). The molecule has 0 fully saturated rings. The van der Waals surface area contributed by atoms with Gasteiger partial charge < -0.3 is 0 Å². The molecule has 194 valence electrons. The van der Waals surface area contributed by atoms with Crippen LogP contribution in [0.1, 0.15) is 47.8 Å². The minimum atomic E-state index is -5.12. The van der Waals surface area contributed by atoms with Crippen LogP contribution < -0.4 is 0 Å². The number of carbonyl (C=O) groups is 3. The Morgan fingerprint density at radius 3 is 1.05 bits per heavy atom. The molecule has 0 saturated heterocycles. The van der Waals surface area contributed by atoms with Gasteiger partial charge in [-0.05, 0) is 16.7 Å². The zero-order valence-corrected chi connectivity index (χ0v) is 22.7. The molecule has 0 spiro atoms. The number of benzene rings is 3. The first-order valence-corrected chi connectivity index (χ1v) is 14.2. The molecular formula is C27H18Cl3O7P. The van der Waals surface area contributed by atoms with Crippen LogP contribution in [0.4, 0.5) is 0 Å². The Balaban J connectivity index is 1.38. The van der Waals surface area contributed by atoms with Gasteiger partial charge in [0.1, 0.15) is 0 Å². The van der Waals surface area contributed by atoms with Gasteiger partial charge in [0.05, 0.1) is 0 Å². The van der Waals surface area contributed by atoms with E-state index in [0.717, 1.165) is 0 Å². The number of phosphoric ester groups is 1. The van der Waals surface area contributed by atoms with Gasteiger partial charge in [-0.1, -0.05) is 108 Å². The number of ketones is 3. The first-order chi connectivity index (χ1) is 18.0. The molecule has 3 unspecified atom stereocenters. The van der Waals surface area contributed by atoms with E-state index in [4.69, 9.17) is 48.4 Å².